The van der Waals surface area contributed by atoms with Crippen LogP contribution in [0, 0.1) is 0 Å². The molecule has 1 aromatic heterocycles. The Labute approximate surface area is 164 Å². The first kappa shape index (κ1) is 20.8. The molecule has 0 aliphatic heterocycles. The van der Waals surface area contributed by atoms with E-state index in [0.717, 1.165) is 34.6 Å². The maximum atomic E-state index is 5.49. The summed E-state index contributed by atoms with van der Waals surface area (Å²) in [6.07, 6.45) is 3.54. The smallest absolute Gasteiger partial charge is 0.206 e. The Hall–Kier alpha value is -2.54. The van der Waals surface area contributed by atoms with Gasteiger partial charge in [0.25, 0.3) is 0 Å². The standard InChI is InChI=1S/C20H27N3O3S/c1-7-10-21-20-23(22-15(8-2)9-3)16(13-27-20)14-11-17(24-4)19(26-6)18(12-14)25-5/h7,11-13H,1,8-10H2,2-6H3. The number of hydrogen-bond donors (Lipinski definition) is 0. The Morgan fingerprint density at radius 1 is 1.11 bits per heavy atom. The number of aromatic nitrogens is 1. The average molecular weight is 390 g/mol. The van der Waals surface area contributed by atoms with Gasteiger partial charge in [0.05, 0.1) is 33.6 Å². The number of nitrogens with zero attached hydrogens (tertiary/aromatic N) is 3. The van der Waals surface area contributed by atoms with Gasteiger partial charge in [-0.05, 0) is 25.0 Å². The summed E-state index contributed by atoms with van der Waals surface area (Å²) in [5, 5.41) is 6.88. The SMILES string of the molecule is C=CCN=c1scc(-c2cc(OC)c(OC)c(OC)c2)n1N=C(CC)CC. The lowest BCUT2D eigenvalue weighted by atomic mass is 10.1. The molecule has 0 saturated carbocycles. The van der Waals surface area contributed by atoms with E-state index in [1.165, 1.54) is 11.3 Å². The van der Waals surface area contributed by atoms with E-state index in [0.29, 0.717) is 23.8 Å². The summed E-state index contributed by atoms with van der Waals surface area (Å²) in [7, 11) is 4.81. The zero-order valence-corrected chi connectivity index (χ0v) is 17.4. The van der Waals surface area contributed by atoms with Crippen LogP contribution in [0.1, 0.15) is 26.7 Å². The number of thiazole rings is 1. The average Bonchev–Trinajstić information content (AvgIpc) is 3.11. The Balaban J connectivity index is 2.73. The van der Waals surface area contributed by atoms with E-state index >= 15 is 0 Å². The van der Waals surface area contributed by atoms with Crippen LogP contribution in [-0.4, -0.2) is 38.3 Å². The molecular weight excluding hydrogens is 362 g/mol. The van der Waals surface area contributed by atoms with Crippen molar-refractivity contribution in [3.8, 4) is 28.5 Å². The number of benzene rings is 1. The van der Waals surface area contributed by atoms with Crippen molar-refractivity contribution in [2.45, 2.75) is 26.7 Å². The molecule has 0 N–H and O–H groups in total. The van der Waals surface area contributed by atoms with E-state index < -0.39 is 0 Å². The highest BCUT2D eigenvalue weighted by atomic mass is 32.1. The first-order valence-electron chi connectivity index (χ1n) is 8.82. The second-order valence-electron chi connectivity index (χ2n) is 5.63. The molecule has 0 bridgehead atoms. The predicted molar refractivity (Wildman–Crippen MR) is 111 cm³/mol. The minimum absolute atomic E-state index is 0.540. The molecular formula is C20H27N3O3S. The van der Waals surface area contributed by atoms with Crippen LogP contribution in [-0.2, 0) is 0 Å². The number of hydrogen-bond acceptors (Lipinski definition) is 6. The fourth-order valence-corrected chi connectivity index (χ4v) is 3.45. The van der Waals surface area contributed by atoms with Crippen LogP contribution in [0.4, 0.5) is 0 Å². The van der Waals surface area contributed by atoms with Crippen molar-refractivity contribution in [1.82, 2.24) is 4.68 Å². The highest BCUT2D eigenvalue weighted by Crippen LogP contribution is 2.41. The molecule has 0 atom stereocenters. The molecule has 0 aliphatic carbocycles. The molecule has 0 saturated heterocycles. The molecule has 2 aromatic rings. The van der Waals surface area contributed by atoms with E-state index in [9.17, 15) is 0 Å². The lowest BCUT2D eigenvalue weighted by molar-refractivity contribution is 0.324. The van der Waals surface area contributed by atoms with Crippen LogP contribution >= 0.6 is 11.3 Å². The van der Waals surface area contributed by atoms with Crippen molar-refractivity contribution < 1.29 is 14.2 Å². The Bertz CT molecular complexity index is 850. The van der Waals surface area contributed by atoms with Crippen molar-refractivity contribution in [2.24, 2.45) is 10.1 Å². The monoisotopic (exact) mass is 389 g/mol. The third-order valence-corrected chi connectivity index (χ3v) is 4.91. The van der Waals surface area contributed by atoms with Gasteiger partial charge in [-0.25, -0.2) is 4.68 Å². The van der Waals surface area contributed by atoms with Gasteiger partial charge >= 0.3 is 0 Å². The summed E-state index contributed by atoms with van der Waals surface area (Å²) in [4.78, 5) is 5.40. The van der Waals surface area contributed by atoms with Crippen LogP contribution in [0.3, 0.4) is 0 Å². The minimum Gasteiger partial charge on any atom is -0.493 e. The highest BCUT2D eigenvalue weighted by Gasteiger charge is 2.17. The van der Waals surface area contributed by atoms with Gasteiger partial charge in [0, 0.05) is 16.7 Å². The molecule has 1 heterocycles. The maximum absolute atomic E-state index is 5.49. The van der Waals surface area contributed by atoms with E-state index in [4.69, 9.17) is 19.3 Å². The molecule has 7 heteroatoms. The number of ether oxygens (including phenoxy) is 3. The maximum Gasteiger partial charge on any atom is 0.206 e. The van der Waals surface area contributed by atoms with Crippen LogP contribution in [0.2, 0.25) is 0 Å². The highest BCUT2D eigenvalue weighted by molar-refractivity contribution is 7.07. The van der Waals surface area contributed by atoms with Gasteiger partial charge in [0.15, 0.2) is 11.5 Å². The molecule has 2 rings (SSSR count). The molecule has 146 valence electrons. The van der Waals surface area contributed by atoms with Gasteiger partial charge in [0.1, 0.15) is 0 Å². The van der Waals surface area contributed by atoms with E-state index in [1.54, 1.807) is 27.4 Å². The number of rotatable bonds is 9. The van der Waals surface area contributed by atoms with E-state index in [1.807, 2.05) is 22.2 Å². The first-order valence-corrected chi connectivity index (χ1v) is 9.70. The first-order chi connectivity index (χ1) is 13.1. The molecule has 0 aliphatic rings. The molecule has 1 aromatic carbocycles. The Morgan fingerprint density at radius 3 is 2.22 bits per heavy atom. The van der Waals surface area contributed by atoms with E-state index in [2.05, 4.69) is 25.4 Å². The summed E-state index contributed by atoms with van der Waals surface area (Å²) >= 11 is 1.54. The number of methoxy groups -OCH3 is 3. The molecule has 6 nitrogen and oxygen atoms in total. The fraction of sp³-hybridized carbons (Fsp3) is 0.400. The van der Waals surface area contributed by atoms with Crippen LogP contribution in [0.5, 0.6) is 17.2 Å². The molecule has 0 amide bonds. The second-order valence-corrected chi connectivity index (χ2v) is 6.47. The molecule has 0 radical (unpaired) electrons. The lowest BCUT2D eigenvalue weighted by Crippen LogP contribution is -2.14. The van der Waals surface area contributed by atoms with Gasteiger partial charge in [-0.15, -0.1) is 17.9 Å². The molecule has 0 unspecified atom stereocenters. The summed E-state index contributed by atoms with van der Waals surface area (Å²) in [5.74, 6) is 1.77. The zero-order chi connectivity index (χ0) is 19.8. The third kappa shape index (κ3) is 4.60. The Kier molecular flexibility index (Phi) is 7.67. The minimum atomic E-state index is 0.540. The van der Waals surface area contributed by atoms with Gasteiger partial charge in [-0.1, -0.05) is 19.9 Å². The van der Waals surface area contributed by atoms with Crippen molar-refractivity contribution in [3.63, 3.8) is 0 Å². The lowest BCUT2D eigenvalue weighted by Gasteiger charge is -2.14. The van der Waals surface area contributed by atoms with Crippen molar-refractivity contribution in [3.05, 3.63) is 35.0 Å². The van der Waals surface area contributed by atoms with Gasteiger partial charge in [-0.2, -0.15) is 5.10 Å². The second kappa shape index (κ2) is 9.97. The fourth-order valence-electron chi connectivity index (χ4n) is 2.61. The molecule has 0 spiro atoms. The van der Waals surface area contributed by atoms with Crippen molar-refractivity contribution >= 4 is 17.0 Å². The van der Waals surface area contributed by atoms with Crippen LogP contribution < -0.4 is 19.0 Å². The largest absolute Gasteiger partial charge is 0.493 e. The Morgan fingerprint density at radius 2 is 1.74 bits per heavy atom. The van der Waals surface area contributed by atoms with Gasteiger partial charge < -0.3 is 14.2 Å². The zero-order valence-electron chi connectivity index (χ0n) is 16.6. The summed E-state index contributed by atoms with van der Waals surface area (Å²) in [6.45, 7) is 8.50. The summed E-state index contributed by atoms with van der Waals surface area (Å²) < 4.78 is 18.3. The van der Waals surface area contributed by atoms with Crippen LogP contribution in [0.25, 0.3) is 11.3 Å². The third-order valence-electron chi connectivity index (χ3n) is 4.06. The predicted octanol–water partition coefficient (Wildman–Crippen LogP) is 4.35. The summed E-state index contributed by atoms with van der Waals surface area (Å²) in [6, 6.07) is 3.84. The van der Waals surface area contributed by atoms with Gasteiger partial charge in [-0.3, -0.25) is 4.99 Å². The van der Waals surface area contributed by atoms with Gasteiger partial charge in [0.2, 0.25) is 10.6 Å². The summed E-state index contributed by atoms with van der Waals surface area (Å²) in [5.41, 5.74) is 2.93. The topological polar surface area (TPSA) is 57.3 Å². The quantitative estimate of drug-likeness (QED) is 0.473. The molecule has 0 fully saturated rings. The van der Waals surface area contributed by atoms with Crippen molar-refractivity contribution in [2.75, 3.05) is 27.9 Å². The van der Waals surface area contributed by atoms with Crippen molar-refractivity contribution in [1.29, 1.82) is 0 Å². The van der Waals surface area contributed by atoms with E-state index in [-0.39, 0.29) is 0 Å². The normalized spacial score (nSPS) is 11.2. The molecule has 27 heavy (non-hydrogen) atoms. The van der Waals surface area contributed by atoms with Crippen LogP contribution in [0.15, 0.2) is 40.3 Å².